The van der Waals surface area contributed by atoms with Crippen molar-refractivity contribution in [1.82, 2.24) is 8.87 Å². The van der Waals surface area contributed by atoms with Gasteiger partial charge in [-0.1, -0.05) is 25.2 Å². The zero-order valence-electron chi connectivity index (χ0n) is 20.2. The van der Waals surface area contributed by atoms with Gasteiger partial charge in [0.15, 0.2) is 16.3 Å². The third kappa shape index (κ3) is 5.18. The number of aromatic nitrogens is 1. The smallest absolute Gasteiger partial charge is 0.279 e. The summed E-state index contributed by atoms with van der Waals surface area (Å²) in [6.45, 7) is 7.41. The Morgan fingerprint density at radius 3 is 2.12 bits per heavy atom. The average molecular weight is 506 g/mol. The number of amides is 1. The van der Waals surface area contributed by atoms with Crippen LogP contribution in [-0.2, 0) is 16.6 Å². The summed E-state index contributed by atoms with van der Waals surface area (Å²) in [5, 5.41) is 0. The number of fused-ring (bicyclic) bond motifs is 1. The Morgan fingerprint density at radius 1 is 1.00 bits per heavy atom. The van der Waals surface area contributed by atoms with Crippen molar-refractivity contribution in [2.45, 2.75) is 45.1 Å². The van der Waals surface area contributed by atoms with E-state index in [-0.39, 0.29) is 4.90 Å². The Kier molecular flexibility index (Phi) is 8.51. The lowest BCUT2D eigenvalue weighted by atomic mass is 10.2. The highest BCUT2D eigenvalue weighted by Crippen LogP contribution is 2.33. The average Bonchev–Trinajstić information content (AvgIpc) is 3.18. The maximum absolute atomic E-state index is 13.0. The lowest BCUT2D eigenvalue weighted by Crippen LogP contribution is -2.32. The second kappa shape index (κ2) is 11.2. The number of benzene rings is 2. The van der Waals surface area contributed by atoms with Gasteiger partial charge >= 0.3 is 0 Å². The molecule has 1 heterocycles. The number of sulfonamides is 1. The molecule has 184 valence electrons. The first-order valence-electron chi connectivity index (χ1n) is 11.2. The molecule has 0 saturated carbocycles. The summed E-state index contributed by atoms with van der Waals surface area (Å²) in [6.07, 6.45) is 1.47. The van der Waals surface area contributed by atoms with Crippen LogP contribution in [0.4, 0.5) is 0 Å². The summed E-state index contributed by atoms with van der Waals surface area (Å²) in [5.41, 5.74) is 1.22. The van der Waals surface area contributed by atoms with Crippen molar-refractivity contribution in [2.24, 2.45) is 4.99 Å². The van der Waals surface area contributed by atoms with Gasteiger partial charge < -0.3 is 14.0 Å². The van der Waals surface area contributed by atoms with E-state index < -0.39 is 15.9 Å². The molecule has 0 atom stereocenters. The maximum Gasteiger partial charge on any atom is 0.279 e. The molecule has 0 fully saturated rings. The zero-order chi connectivity index (χ0) is 24.9. The number of thiazole rings is 1. The Balaban J connectivity index is 1.97. The number of rotatable bonds is 10. The molecule has 1 amide bonds. The van der Waals surface area contributed by atoms with E-state index in [9.17, 15) is 13.2 Å². The fourth-order valence-corrected chi connectivity index (χ4v) is 6.44. The highest BCUT2D eigenvalue weighted by molar-refractivity contribution is 7.89. The normalized spacial score (nSPS) is 12.5. The highest BCUT2D eigenvalue weighted by atomic mass is 32.2. The molecule has 8 nitrogen and oxygen atoms in total. The predicted octanol–water partition coefficient (Wildman–Crippen LogP) is 4.29. The first kappa shape index (κ1) is 25.9. The van der Waals surface area contributed by atoms with E-state index in [0.717, 1.165) is 23.1 Å². The predicted molar refractivity (Wildman–Crippen MR) is 134 cm³/mol. The van der Waals surface area contributed by atoms with E-state index in [4.69, 9.17) is 9.47 Å². The molecule has 10 heteroatoms. The molecule has 3 aromatic rings. The Morgan fingerprint density at radius 2 is 1.59 bits per heavy atom. The molecule has 0 aliphatic heterocycles. The van der Waals surface area contributed by atoms with Crippen LogP contribution < -0.4 is 14.3 Å². The van der Waals surface area contributed by atoms with Crippen LogP contribution in [0.25, 0.3) is 10.2 Å². The van der Waals surface area contributed by atoms with Gasteiger partial charge in [-0.15, -0.1) is 0 Å². The topological polar surface area (TPSA) is 90.2 Å². The number of ether oxygens (including phenoxy) is 2. The quantitative estimate of drug-likeness (QED) is 0.410. The van der Waals surface area contributed by atoms with Crippen LogP contribution in [0.15, 0.2) is 46.3 Å². The summed E-state index contributed by atoms with van der Waals surface area (Å²) in [6, 6.07) is 9.73. The fraction of sp³-hybridized carbons (Fsp3) is 0.417. The Hall–Kier alpha value is -2.69. The van der Waals surface area contributed by atoms with Crippen molar-refractivity contribution in [3.8, 4) is 11.5 Å². The Bertz CT molecular complexity index is 1320. The molecule has 0 unspecified atom stereocenters. The van der Waals surface area contributed by atoms with Crippen molar-refractivity contribution in [1.29, 1.82) is 0 Å². The largest absolute Gasteiger partial charge is 0.493 e. The summed E-state index contributed by atoms with van der Waals surface area (Å²) in [5.74, 6) is 0.773. The molecule has 34 heavy (non-hydrogen) atoms. The van der Waals surface area contributed by atoms with E-state index >= 15 is 0 Å². The maximum atomic E-state index is 13.0. The van der Waals surface area contributed by atoms with E-state index in [1.807, 2.05) is 37.5 Å². The fourth-order valence-electron chi connectivity index (χ4n) is 3.71. The number of aryl methyl sites for hydroxylation is 1. The van der Waals surface area contributed by atoms with Crippen molar-refractivity contribution >= 4 is 37.5 Å². The van der Waals surface area contributed by atoms with Crippen LogP contribution >= 0.6 is 11.3 Å². The molecule has 0 aliphatic rings. The van der Waals surface area contributed by atoms with Gasteiger partial charge in [-0.3, -0.25) is 4.79 Å². The van der Waals surface area contributed by atoms with Gasteiger partial charge in [-0.25, -0.2) is 8.42 Å². The minimum atomic E-state index is -3.60. The second-order valence-electron chi connectivity index (χ2n) is 7.65. The van der Waals surface area contributed by atoms with E-state index in [1.54, 1.807) is 14.2 Å². The zero-order valence-corrected chi connectivity index (χ0v) is 21.8. The molecule has 0 bridgehead atoms. The van der Waals surface area contributed by atoms with Crippen molar-refractivity contribution in [3.05, 3.63) is 46.8 Å². The van der Waals surface area contributed by atoms with Crippen LogP contribution in [0, 0.1) is 0 Å². The number of carbonyl (C=O) groups excluding carboxylic acids is 1. The first-order valence-corrected chi connectivity index (χ1v) is 13.5. The minimum Gasteiger partial charge on any atom is -0.493 e. The first-order chi connectivity index (χ1) is 16.3. The molecular formula is C24H31N3O5S2. The van der Waals surface area contributed by atoms with Crippen molar-refractivity contribution in [3.63, 3.8) is 0 Å². The van der Waals surface area contributed by atoms with E-state index in [0.29, 0.717) is 41.5 Å². The van der Waals surface area contributed by atoms with Gasteiger partial charge in [0.2, 0.25) is 10.0 Å². The number of methoxy groups -OCH3 is 2. The van der Waals surface area contributed by atoms with E-state index in [1.165, 1.54) is 39.9 Å². The summed E-state index contributed by atoms with van der Waals surface area (Å²) in [7, 11) is -0.447. The molecular weight excluding hydrogens is 474 g/mol. The van der Waals surface area contributed by atoms with Gasteiger partial charge in [0, 0.05) is 37.3 Å². The number of carbonyl (C=O) groups is 1. The summed E-state index contributed by atoms with van der Waals surface area (Å²) >= 11 is 1.38. The molecule has 2 aromatic carbocycles. The minimum absolute atomic E-state index is 0.177. The van der Waals surface area contributed by atoms with Gasteiger partial charge in [0.1, 0.15) is 0 Å². The van der Waals surface area contributed by atoms with Crippen molar-refractivity contribution in [2.75, 3.05) is 27.3 Å². The molecule has 1 aromatic heterocycles. The number of hydrogen-bond donors (Lipinski definition) is 0. The van der Waals surface area contributed by atoms with Gasteiger partial charge in [-0.05, 0) is 44.0 Å². The third-order valence-electron chi connectivity index (χ3n) is 5.39. The van der Waals surface area contributed by atoms with Crippen LogP contribution in [0.2, 0.25) is 0 Å². The monoisotopic (exact) mass is 505 g/mol. The summed E-state index contributed by atoms with van der Waals surface area (Å²) < 4.78 is 41.1. The highest BCUT2D eigenvalue weighted by Gasteiger charge is 2.23. The van der Waals surface area contributed by atoms with Crippen LogP contribution in [0.1, 0.15) is 44.0 Å². The number of hydrogen-bond acceptors (Lipinski definition) is 6. The molecule has 0 aliphatic carbocycles. The van der Waals surface area contributed by atoms with Gasteiger partial charge in [-0.2, -0.15) is 9.30 Å². The third-order valence-corrected chi connectivity index (χ3v) is 8.34. The van der Waals surface area contributed by atoms with Crippen LogP contribution in [0.3, 0.4) is 0 Å². The van der Waals surface area contributed by atoms with Gasteiger partial charge in [0.25, 0.3) is 5.91 Å². The van der Waals surface area contributed by atoms with Crippen LogP contribution in [0.5, 0.6) is 11.5 Å². The SMILES string of the molecule is CCCN(CCC)S(=O)(=O)c1ccc(C(=O)N=c2sc3cc(OC)c(OC)cc3n2CC)cc1. The number of nitrogens with zero attached hydrogens (tertiary/aromatic N) is 3. The van der Waals surface area contributed by atoms with Crippen LogP contribution in [-0.4, -0.2) is 50.5 Å². The standard InChI is InChI=1S/C24H31N3O5S2/c1-6-13-26(14-7-2)34(29,30)18-11-9-17(10-12-18)23(28)25-24-27(8-3)19-15-20(31-4)21(32-5)16-22(19)33-24/h9-12,15-16H,6-8,13-14H2,1-5H3. The molecule has 0 radical (unpaired) electrons. The van der Waals surface area contributed by atoms with Crippen molar-refractivity contribution < 1.29 is 22.7 Å². The molecule has 0 spiro atoms. The molecule has 0 saturated heterocycles. The molecule has 0 N–H and O–H groups in total. The van der Waals surface area contributed by atoms with E-state index in [2.05, 4.69) is 4.99 Å². The summed E-state index contributed by atoms with van der Waals surface area (Å²) in [4.78, 5) is 18.0. The van der Waals surface area contributed by atoms with Gasteiger partial charge in [0.05, 0.1) is 29.3 Å². The Labute approximate surface area is 204 Å². The molecule has 3 rings (SSSR count). The lowest BCUT2D eigenvalue weighted by molar-refractivity contribution is 0.0997. The second-order valence-corrected chi connectivity index (χ2v) is 10.6. The lowest BCUT2D eigenvalue weighted by Gasteiger charge is -2.21.